The zero-order chi connectivity index (χ0) is 33.3. The van der Waals surface area contributed by atoms with Crippen LogP contribution in [0.1, 0.15) is 24.5 Å². The van der Waals surface area contributed by atoms with Crippen molar-refractivity contribution in [1.82, 2.24) is 0 Å². The van der Waals surface area contributed by atoms with E-state index in [1.165, 1.54) is 9.80 Å². The molecule has 2 saturated heterocycles. The first-order valence-corrected chi connectivity index (χ1v) is 16.3. The van der Waals surface area contributed by atoms with Crippen LogP contribution in [-0.4, -0.2) is 37.8 Å². The van der Waals surface area contributed by atoms with Crippen LogP contribution in [0.3, 0.4) is 0 Å². The predicted molar refractivity (Wildman–Crippen MR) is 181 cm³/mol. The fourth-order valence-corrected chi connectivity index (χ4v) is 9.27. The molecule has 8 heteroatoms. The lowest BCUT2D eigenvalue weighted by atomic mass is 9.40. The molecule has 3 fully saturated rings. The normalized spacial score (nSPS) is 27.4. The van der Waals surface area contributed by atoms with Gasteiger partial charge in [-0.15, -0.1) is 0 Å². The Morgan fingerprint density at radius 1 is 0.542 bits per heavy atom. The molecule has 0 radical (unpaired) electrons. The van der Waals surface area contributed by atoms with Gasteiger partial charge in [-0.3, -0.25) is 29.0 Å². The first-order valence-electron chi connectivity index (χ1n) is 16.3. The maximum Gasteiger partial charge on any atom is 0.238 e. The number of benzene rings is 4. The van der Waals surface area contributed by atoms with Gasteiger partial charge in [0.1, 0.15) is 11.5 Å². The summed E-state index contributed by atoms with van der Waals surface area (Å²) in [5.41, 5.74) is 3.22. The van der Waals surface area contributed by atoms with Crippen molar-refractivity contribution < 1.29 is 28.7 Å². The molecule has 4 aromatic rings. The van der Waals surface area contributed by atoms with E-state index in [0.29, 0.717) is 29.3 Å². The van der Waals surface area contributed by atoms with Gasteiger partial charge in [0.2, 0.25) is 23.6 Å². The van der Waals surface area contributed by atoms with Crippen molar-refractivity contribution in [3.05, 3.63) is 120 Å². The second kappa shape index (κ2) is 11.0. The Bertz CT molecular complexity index is 1900. The summed E-state index contributed by atoms with van der Waals surface area (Å²) >= 11 is 0. The molecule has 0 N–H and O–H groups in total. The van der Waals surface area contributed by atoms with Crippen LogP contribution in [0.25, 0.3) is 11.1 Å². The van der Waals surface area contributed by atoms with Gasteiger partial charge in [-0.2, -0.15) is 0 Å². The molecule has 8 nitrogen and oxygen atoms in total. The summed E-state index contributed by atoms with van der Waals surface area (Å²) in [4.78, 5) is 62.0. The lowest BCUT2D eigenvalue weighted by molar-refractivity contribution is -0.145. The molecule has 9 rings (SSSR count). The number of hydrogen-bond donors (Lipinski definition) is 0. The second-order valence-corrected chi connectivity index (χ2v) is 12.9. The zero-order valence-corrected chi connectivity index (χ0v) is 26.8. The Balaban J connectivity index is 1.40. The molecular weight excluding hydrogens is 604 g/mol. The number of ether oxygens (including phenoxy) is 2. The molecule has 1 saturated carbocycles. The summed E-state index contributed by atoms with van der Waals surface area (Å²) in [6.07, 6.45) is 0.369. The topological polar surface area (TPSA) is 93.2 Å². The number of methoxy groups -OCH3 is 2. The second-order valence-electron chi connectivity index (χ2n) is 12.9. The molecule has 0 unspecified atom stereocenters. The summed E-state index contributed by atoms with van der Waals surface area (Å²) < 4.78 is 10.7. The van der Waals surface area contributed by atoms with Gasteiger partial charge in [0.15, 0.2) is 0 Å². The van der Waals surface area contributed by atoms with E-state index >= 15 is 0 Å². The Hall–Kier alpha value is -5.50. The molecule has 2 heterocycles. The largest absolute Gasteiger partial charge is 0.497 e. The molecule has 2 bridgehead atoms. The van der Waals surface area contributed by atoms with Crippen LogP contribution in [0.5, 0.6) is 11.5 Å². The fraction of sp³-hybridized carbons (Fsp3) is 0.250. The van der Waals surface area contributed by atoms with Crippen molar-refractivity contribution in [2.45, 2.75) is 13.3 Å². The van der Waals surface area contributed by atoms with Gasteiger partial charge >= 0.3 is 0 Å². The number of carbonyl (C=O) groups is 4. The highest BCUT2D eigenvalue weighted by atomic mass is 16.5. The van der Waals surface area contributed by atoms with Crippen molar-refractivity contribution in [3.63, 3.8) is 0 Å². The van der Waals surface area contributed by atoms with E-state index in [9.17, 15) is 19.2 Å². The molecule has 0 spiro atoms. The molecule has 0 aromatic heterocycles. The van der Waals surface area contributed by atoms with E-state index in [1.807, 2.05) is 67.6 Å². The van der Waals surface area contributed by atoms with Gasteiger partial charge in [0.05, 0.1) is 49.3 Å². The van der Waals surface area contributed by atoms with Crippen LogP contribution in [0, 0.1) is 35.0 Å². The molecule has 3 aliphatic carbocycles. The number of imide groups is 2. The maximum atomic E-state index is 14.9. The average molecular weight is 639 g/mol. The fourth-order valence-electron chi connectivity index (χ4n) is 9.27. The summed E-state index contributed by atoms with van der Waals surface area (Å²) in [6, 6.07) is 33.4. The number of hydrogen-bond acceptors (Lipinski definition) is 6. The number of nitrogens with zero attached hydrogens (tertiary/aromatic N) is 2. The number of amides is 4. The highest BCUT2D eigenvalue weighted by molar-refractivity contribution is 6.29. The zero-order valence-electron chi connectivity index (χ0n) is 26.8. The van der Waals surface area contributed by atoms with Crippen LogP contribution in [0.2, 0.25) is 0 Å². The molecule has 5 aliphatic rings. The Kier molecular flexibility index (Phi) is 6.87. The third-order valence-corrected chi connectivity index (χ3v) is 11.0. The molecule has 48 heavy (non-hydrogen) atoms. The Morgan fingerprint density at radius 2 is 0.958 bits per heavy atom. The van der Waals surface area contributed by atoms with Crippen LogP contribution < -0.4 is 19.3 Å². The quantitative estimate of drug-likeness (QED) is 0.222. The standard InChI is InChI=1S/C40H34N2O6/c1-4-40-33(24-13-9-6-10-14-24)29(23-11-7-5-8-12-23)30(31-34(40)38(45)41(36(31)43)25-15-19-27(47-2)20-16-25)32-35(40)39(46)42(37(32)44)26-17-21-28(48-3)22-18-26/h5-22,30-32,34-35H,4H2,1-3H3/t30?,31-,32-,34-,35-,40?/m1/s1. The molecule has 4 atom stereocenters. The molecular formula is C40H34N2O6. The van der Waals surface area contributed by atoms with Gasteiger partial charge in [0.25, 0.3) is 0 Å². The van der Waals surface area contributed by atoms with E-state index in [4.69, 9.17) is 9.47 Å². The minimum Gasteiger partial charge on any atom is -0.497 e. The van der Waals surface area contributed by atoms with E-state index < -0.39 is 35.0 Å². The van der Waals surface area contributed by atoms with E-state index in [1.54, 1.807) is 62.8 Å². The SMILES string of the molecule is CCC12C(c3ccccc3)=C(c3ccccc3)C([C@H]3C(=O)N(c4ccc(OC)cc4)C(=O)[C@@H]31)[C@H]1C(=O)N(c3ccc(OC)cc3)C(=O)[C@@H]12. The van der Waals surface area contributed by atoms with Crippen molar-refractivity contribution in [1.29, 1.82) is 0 Å². The number of allylic oxidation sites excluding steroid dienone is 2. The highest BCUT2D eigenvalue weighted by Crippen LogP contribution is 2.73. The Morgan fingerprint density at radius 3 is 1.35 bits per heavy atom. The minimum atomic E-state index is -1.15. The van der Waals surface area contributed by atoms with E-state index in [-0.39, 0.29) is 23.6 Å². The number of carbonyl (C=O) groups excluding carboxylic acids is 4. The molecule has 240 valence electrons. The van der Waals surface area contributed by atoms with Gasteiger partial charge in [0, 0.05) is 11.3 Å². The van der Waals surface area contributed by atoms with Crippen molar-refractivity contribution in [3.8, 4) is 11.5 Å². The van der Waals surface area contributed by atoms with E-state index in [0.717, 1.165) is 22.3 Å². The monoisotopic (exact) mass is 638 g/mol. The summed E-state index contributed by atoms with van der Waals surface area (Å²) in [5, 5.41) is 0. The lowest BCUT2D eigenvalue weighted by Gasteiger charge is -2.58. The van der Waals surface area contributed by atoms with Crippen LogP contribution in [0.15, 0.2) is 109 Å². The van der Waals surface area contributed by atoms with Crippen molar-refractivity contribution >= 4 is 46.1 Å². The summed E-state index contributed by atoms with van der Waals surface area (Å²) in [7, 11) is 3.12. The third kappa shape index (κ3) is 3.89. The first kappa shape index (κ1) is 29.9. The summed E-state index contributed by atoms with van der Waals surface area (Å²) in [5.74, 6) is -4.27. The van der Waals surface area contributed by atoms with Crippen LogP contribution >= 0.6 is 0 Å². The van der Waals surface area contributed by atoms with Crippen LogP contribution in [-0.2, 0) is 19.2 Å². The van der Waals surface area contributed by atoms with Crippen LogP contribution in [0.4, 0.5) is 11.4 Å². The molecule has 4 aromatic carbocycles. The van der Waals surface area contributed by atoms with Gasteiger partial charge < -0.3 is 9.47 Å². The first-order chi connectivity index (χ1) is 23.4. The van der Waals surface area contributed by atoms with Gasteiger partial charge in [-0.25, -0.2) is 0 Å². The number of anilines is 2. The van der Waals surface area contributed by atoms with E-state index in [2.05, 4.69) is 0 Å². The smallest absolute Gasteiger partial charge is 0.238 e. The van der Waals surface area contributed by atoms with Crippen molar-refractivity contribution in [2.24, 2.45) is 35.0 Å². The number of rotatable bonds is 7. The Labute approximate surface area is 278 Å². The predicted octanol–water partition coefficient (Wildman–Crippen LogP) is 6.27. The highest BCUT2D eigenvalue weighted by Gasteiger charge is 2.77. The van der Waals surface area contributed by atoms with Gasteiger partial charge in [-0.1, -0.05) is 67.6 Å². The lowest BCUT2D eigenvalue weighted by Crippen LogP contribution is -2.60. The third-order valence-electron chi connectivity index (χ3n) is 11.0. The molecule has 2 aliphatic heterocycles. The summed E-state index contributed by atoms with van der Waals surface area (Å²) in [6.45, 7) is 1.98. The molecule has 4 amide bonds. The maximum absolute atomic E-state index is 14.9. The van der Waals surface area contributed by atoms with Gasteiger partial charge in [-0.05, 0) is 77.2 Å². The van der Waals surface area contributed by atoms with Crippen molar-refractivity contribution in [2.75, 3.05) is 24.0 Å². The minimum absolute atomic E-state index is 0.343. The average Bonchev–Trinajstić information content (AvgIpc) is 3.57.